The molecule has 1 amide bonds. The van der Waals surface area contributed by atoms with Crippen LogP contribution in [0.1, 0.15) is 30.6 Å². The fourth-order valence-corrected chi connectivity index (χ4v) is 1.93. The van der Waals surface area contributed by atoms with Crippen molar-refractivity contribution in [1.82, 2.24) is 10.2 Å². The van der Waals surface area contributed by atoms with Crippen LogP contribution in [0.5, 0.6) is 0 Å². The van der Waals surface area contributed by atoms with Crippen molar-refractivity contribution in [3.8, 4) is 0 Å². The number of hydrogen-bond donors (Lipinski definition) is 1. The minimum atomic E-state index is 0.139. The second-order valence-corrected chi connectivity index (χ2v) is 4.97. The van der Waals surface area contributed by atoms with E-state index in [1.54, 1.807) is 0 Å². The zero-order valence-corrected chi connectivity index (χ0v) is 11.6. The number of benzene rings is 1. The number of amides is 1. The second-order valence-electron chi connectivity index (χ2n) is 4.97. The van der Waals surface area contributed by atoms with Crippen LogP contribution in [0.4, 0.5) is 0 Å². The van der Waals surface area contributed by atoms with Crippen molar-refractivity contribution in [3.05, 3.63) is 35.9 Å². The van der Waals surface area contributed by atoms with Gasteiger partial charge in [0.15, 0.2) is 0 Å². The highest BCUT2D eigenvalue weighted by atomic mass is 16.2. The van der Waals surface area contributed by atoms with E-state index in [2.05, 4.69) is 19.2 Å². The Kier molecular flexibility index (Phi) is 6.44. The topological polar surface area (TPSA) is 32.3 Å². The average molecular weight is 248 g/mol. The van der Waals surface area contributed by atoms with Crippen molar-refractivity contribution in [2.45, 2.75) is 20.3 Å². The van der Waals surface area contributed by atoms with Gasteiger partial charge in [0.2, 0.25) is 0 Å². The summed E-state index contributed by atoms with van der Waals surface area (Å²) in [4.78, 5) is 14.3. The van der Waals surface area contributed by atoms with Crippen LogP contribution >= 0.6 is 0 Å². The van der Waals surface area contributed by atoms with E-state index in [0.717, 1.165) is 31.6 Å². The molecule has 0 aliphatic rings. The Morgan fingerprint density at radius 2 is 1.94 bits per heavy atom. The van der Waals surface area contributed by atoms with Gasteiger partial charge < -0.3 is 10.2 Å². The summed E-state index contributed by atoms with van der Waals surface area (Å²) in [6.45, 7) is 6.85. The number of carbonyl (C=O) groups excluding carboxylic acids is 1. The Hall–Kier alpha value is -1.35. The summed E-state index contributed by atoms with van der Waals surface area (Å²) < 4.78 is 0. The Labute approximate surface area is 110 Å². The molecule has 0 aromatic heterocycles. The maximum absolute atomic E-state index is 12.4. The monoisotopic (exact) mass is 248 g/mol. The predicted molar refractivity (Wildman–Crippen MR) is 75.7 cm³/mol. The van der Waals surface area contributed by atoms with Crippen LogP contribution in [0.2, 0.25) is 0 Å². The lowest BCUT2D eigenvalue weighted by molar-refractivity contribution is 0.0734. The van der Waals surface area contributed by atoms with Crippen molar-refractivity contribution < 1.29 is 4.79 Å². The summed E-state index contributed by atoms with van der Waals surface area (Å²) >= 11 is 0. The van der Waals surface area contributed by atoms with Gasteiger partial charge in [-0.05, 0) is 38.1 Å². The van der Waals surface area contributed by atoms with Crippen LogP contribution in [0.3, 0.4) is 0 Å². The predicted octanol–water partition coefficient (Wildman–Crippen LogP) is 2.39. The van der Waals surface area contributed by atoms with Crippen LogP contribution < -0.4 is 5.32 Å². The highest BCUT2D eigenvalue weighted by molar-refractivity contribution is 5.94. The molecule has 1 aromatic carbocycles. The van der Waals surface area contributed by atoms with E-state index in [1.165, 1.54) is 0 Å². The third-order valence-electron chi connectivity index (χ3n) is 2.75. The Morgan fingerprint density at radius 1 is 1.28 bits per heavy atom. The van der Waals surface area contributed by atoms with Crippen LogP contribution in [0.15, 0.2) is 30.3 Å². The van der Waals surface area contributed by atoms with Gasteiger partial charge in [-0.2, -0.15) is 0 Å². The average Bonchev–Trinajstić information content (AvgIpc) is 2.37. The molecule has 0 heterocycles. The summed E-state index contributed by atoms with van der Waals surface area (Å²) in [6, 6.07) is 9.52. The first-order valence-corrected chi connectivity index (χ1v) is 6.64. The molecule has 0 aliphatic heterocycles. The Morgan fingerprint density at radius 3 is 2.50 bits per heavy atom. The standard InChI is InChI=1S/C15H24N2O/c1-13(2)12-17(11-7-10-16-3)15(18)14-8-5-4-6-9-14/h4-6,8-9,13,16H,7,10-12H2,1-3H3. The summed E-state index contributed by atoms with van der Waals surface area (Å²) in [6.07, 6.45) is 0.988. The minimum absolute atomic E-state index is 0.139. The molecule has 1 rings (SSSR count). The molecule has 0 saturated carbocycles. The van der Waals surface area contributed by atoms with E-state index < -0.39 is 0 Å². The van der Waals surface area contributed by atoms with Crippen LogP contribution in [-0.2, 0) is 0 Å². The third-order valence-corrected chi connectivity index (χ3v) is 2.75. The first-order chi connectivity index (χ1) is 8.65. The molecule has 0 unspecified atom stereocenters. The largest absolute Gasteiger partial charge is 0.338 e. The van der Waals surface area contributed by atoms with Crippen LogP contribution in [0.25, 0.3) is 0 Å². The van der Waals surface area contributed by atoms with Crippen LogP contribution in [0, 0.1) is 5.92 Å². The molecule has 0 aliphatic carbocycles. The van der Waals surface area contributed by atoms with E-state index >= 15 is 0 Å². The number of rotatable bonds is 7. The maximum Gasteiger partial charge on any atom is 0.253 e. The van der Waals surface area contributed by atoms with Crippen molar-refractivity contribution in [2.75, 3.05) is 26.7 Å². The normalized spacial score (nSPS) is 10.7. The summed E-state index contributed by atoms with van der Waals surface area (Å²) in [5, 5.41) is 3.12. The molecule has 0 spiro atoms. The van der Waals surface area contributed by atoms with Crippen molar-refractivity contribution >= 4 is 5.91 Å². The first-order valence-electron chi connectivity index (χ1n) is 6.64. The number of nitrogens with zero attached hydrogens (tertiary/aromatic N) is 1. The fourth-order valence-electron chi connectivity index (χ4n) is 1.93. The quantitative estimate of drug-likeness (QED) is 0.751. The lowest BCUT2D eigenvalue weighted by Crippen LogP contribution is -2.36. The number of nitrogens with one attached hydrogen (secondary N) is 1. The molecule has 18 heavy (non-hydrogen) atoms. The minimum Gasteiger partial charge on any atom is -0.338 e. The molecule has 0 bridgehead atoms. The highest BCUT2D eigenvalue weighted by Gasteiger charge is 2.15. The molecular formula is C15H24N2O. The molecule has 3 heteroatoms. The van der Waals surface area contributed by atoms with E-state index in [-0.39, 0.29) is 5.91 Å². The van der Waals surface area contributed by atoms with Gasteiger partial charge in [0.1, 0.15) is 0 Å². The van der Waals surface area contributed by atoms with Gasteiger partial charge in [-0.25, -0.2) is 0 Å². The smallest absolute Gasteiger partial charge is 0.253 e. The zero-order valence-electron chi connectivity index (χ0n) is 11.6. The van der Waals surface area contributed by atoms with E-state index in [0.29, 0.717) is 5.92 Å². The maximum atomic E-state index is 12.4. The second kappa shape index (κ2) is 7.88. The lowest BCUT2D eigenvalue weighted by Gasteiger charge is -2.24. The van der Waals surface area contributed by atoms with Crippen molar-refractivity contribution in [3.63, 3.8) is 0 Å². The molecule has 0 atom stereocenters. The van der Waals surface area contributed by atoms with Crippen molar-refractivity contribution in [1.29, 1.82) is 0 Å². The summed E-state index contributed by atoms with van der Waals surface area (Å²) in [7, 11) is 1.94. The van der Waals surface area contributed by atoms with Gasteiger partial charge >= 0.3 is 0 Å². The van der Waals surface area contributed by atoms with Gasteiger partial charge in [-0.3, -0.25) is 4.79 Å². The van der Waals surface area contributed by atoms with Gasteiger partial charge in [-0.1, -0.05) is 32.0 Å². The molecular weight excluding hydrogens is 224 g/mol. The summed E-state index contributed by atoms with van der Waals surface area (Å²) in [5.41, 5.74) is 0.780. The Bertz CT molecular complexity index is 349. The van der Waals surface area contributed by atoms with Crippen LogP contribution in [-0.4, -0.2) is 37.5 Å². The molecule has 3 nitrogen and oxygen atoms in total. The number of carbonyl (C=O) groups is 1. The van der Waals surface area contributed by atoms with E-state index in [4.69, 9.17) is 0 Å². The SMILES string of the molecule is CNCCCN(CC(C)C)C(=O)c1ccccc1. The zero-order chi connectivity index (χ0) is 13.4. The first kappa shape index (κ1) is 14.7. The van der Waals surface area contributed by atoms with Crippen molar-refractivity contribution in [2.24, 2.45) is 5.92 Å². The van der Waals surface area contributed by atoms with E-state index in [9.17, 15) is 4.79 Å². The van der Waals surface area contributed by atoms with Gasteiger partial charge in [0.05, 0.1) is 0 Å². The van der Waals surface area contributed by atoms with E-state index in [1.807, 2.05) is 42.3 Å². The van der Waals surface area contributed by atoms with Gasteiger partial charge in [-0.15, -0.1) is 0 Å². The molecule has 0 radical (unpaired) electrons. The molecule has 1 aromatic rings. The molecule has 1 N–H and O–H groups in total. The third kappa shape index (κ3) is 4.88. The Balaban J connectivity index is 2.66. The molecule has 0 saturated heterocycles. The highest BCUT2D eigenvalue weighted by Crippen LogP contribution is 2.08. The molecule has 0 fully saturated rings. The fraction of sp³-hybridized carbons (Fsp3) is 0.533. The summed E-state index contributed by atoms with van der Waals surface area (Å²) in [5.74, 6) is 0.632. The van der Waals surface area contributed by atoms with Gasteiger partial charge in [0.25, 0.3) is 5.91 Å². The molecule has 100 valence electrons. The lowest BCUT2D eigenvalue weighted by atomic mass is 10.1. The number of hydrogen-bond acceptors (Lipinski definition) is 2. The van der Waals surface area contributed by atoms with Gasteiger partial charge in [0, 0.05) is 18.7 Å².